The third-order valence-corrected chi connectivity index (χ3v) is 6.07. The van der Waals surface area contributed by atoms with Crippen molar-refractivity contribution < 1.29 is 13.2 Å². The van der Waals surface area contributed by atoms with E-state index in [4.69, 9.17) is 0 Å². The molecule has 1 amide bonds. The topological polar surface area (TPSA) is 66.5 Å². The Bertz CT molecular complexity index is 688. The third-order valence-electron chi connectivity index (χ3n) is 4.88. The van der Waals surface area contributed by atoms with Gasteiger partial charge in [-0.1, -0.05) is 31.7 Å². The first-order valence-corrected chi connectivity index (χ1v) is 11.5. The van der Waals surface area contributed by atoms with Gasteiger partial charge in [-0.05, 0) is 56.4 Å². The molecular formula is C20H32N2O3S. The van der Waals surface area contributed by atoms with Crippen LogP contribution in [0.15, 0.2) is 18.2 Å². The standard InChI is InChI=1S/C20H32N2O3S/c1-16-13-17(2)15-19(14-16)22(26(3,24)25)12-8-11-20(23)21-18-9-6-4-5-7-10-18/h13-15,18H,4-12H2,1-3H3,(H,21,23). The second kappa shape index (κ2) is 9.40. The average molecular weight is 381 g/mol. The number of hydrogen-bond acceptors (Lipinski definition) is 3. The van der Waals surface area contributed by atoms with Crippen LogP contribution in [0.4, 0.5) is 5.69 Å². The summed E-state index contributed by atoms with van der Waals surface area (Å²) < 4.78 is 25.8. The molecule has 2 rings (SSSR count). The predicted octanol–water partition coefficient (Wildman–Crippen LogP) is 3.69. The van der Waals surface area contributed by atoms with Gasteiger partial charge in [0.25, 0.3) is 0 Å². The summed E-state index contributed by atoms with van der Waals surface area (Å²) in [6, 6.07) is 6.05. The monoisotopic (exact) mass is 380 g/mol. The Kier molecular flexibility index (Phi) is 7.50. The Hall–Kier alpha value is -1.56. The molecule has 0 spiro atoms. The number of amides is 1. The predicted molar refractivity (Wildman–Crippen MR) is 107 cm³/mol. The summed E-state index contributed by atoms with van der Waals surface area (Å²) in [6.07, 6.45) is 9.08. The summed E-state index contributed by atoms with van der Waals surface area (Å²) in [4.78, 5) is 12.2. The van der Waals surface area contributed by atoms with Gasteiger partial charge in [0.15, 0.2) is 0 Å². The van der Waals surface area contributed by atoms with Gasteiger partial charge in [0.05, 0.1) is 11.9 Å². The number of benzene rings is 1. The van der Waals surface area contributed by atoms with Crippen molar-refractivity contribution in [1.82, 2.24) is 5.32 Å². The van der Waals surface area contributed by atoms with E-state index in [1.807, 2.05) is 32.0 Å². The largest absolute Gasteiger partial charge is 0.353 e. The molecule has 0 radical (unpaired) electrons. The van der Waals surface area contributed by atoms with Gasteiger partial charge in [-0.2, -0.15) is 0 Å². The highest BCUT2D eigenvalue weighted by Crippen LogP contribution is 2.22. The number of nitrogens with one attached hydrogen (secondary N) is 1. The van der Waals surface area contributed by atoms with E-state index in [0.29, 0.717) is 25.1 Å². The fraction of sp³-hybridized carbons (Fsp3) is 0.650. The van der Waals surface area contributed by atoms with Crippen LogP contribution in [0.25, 0.3) is 0 Å². The average Bonchev–Trinajstić information content (AvgIpc) is 2.78. The fourth-order valence-electron chi connectivity index (χ4n) is 3.69. The van der Waals surface area contributed by atoms with Crippen LogP contribution in [0, 0.1) is 13.8 Å². The van der Waals surface area contributed by atoms with E-state index in [2.05, 4.69) is 5.32 Å². The van der Waals surface area contributed by atoms with Crippen molar-refractivity contribution >= 4 is 21.6 Å². The van der Waals surface area contributed by atoms with Crippen LogP contribution in [0.2, 0.25) is 0 Å². The Labute approximate surface area is 158 Å². The molecule has 0 bridgehead atoms. The zero-order valence-corrected chi connectivity index (χ0v) is 17.1. The van der Waals surface area contributed by atoms with Crippen LogP contribution in [0.1, 0.15) is 62.5 Å². The molecule has 146 valence electrons. The summed E-state index contributed by atoms with van der Waals surface area (Å²) in [6.45, 7) is 4.23. The summed E-state index contributed by atoms with van der Waals surface area (Å²) in [5.41, 5.74) is 2.73. The first kappa shape index (κ1) is 20.7. The SMILES string of the molecule is Cc1cc(C)cc(N(CCCC(=O)NC2CCCCCC2)S(C)(=O)=O)c1. The first-order chi connectivity index (χ1) is 12.3. The van der Waals surface area contributed by atoms with Gasteiger partial charge < -0.3 is 5.32 Å². The molecule has 0 heterocycles. The Morgan fingerprint density at radius 2 is 1.65 bits per heavy atom. The van der Waals surface area contributed by atoms with Crippen molar-refractivity contribution in [2.75, 3.05) is 17.1 Å². The van der Waals surface area contributed by atoms with Crippen LogP contribution >= 0.6 is 0 Å². The molecule has 1 aromatic carbocycles. The van der Waals surface area contributed by atoms with E-state index < -0.39 is 10.0 Å². The molecule has 0 atom stereocenters. The first-order valence-electron chi connectivity index (χ1n) is 9.61. The molecule has 5 nitrogen and oxygen atoms in total. The summed E-state index contributed by atoms with van der Waals surface area (Å²) >= 11 is 0. The van der Waals surface area contributed by atoms with E-state index in [0.717, 1.165) is 24.0 Å². The molecule has 1 saturated carbocycles. The maximum absolute atomic E-state index is 12.2. The van der Waals surface area contributed by atoms with Crippen molar-refractivity contribution in [3.63, 3.8) is 0 Å². The minimum Gasteiger partial charge on any atom is -0.353 e. The number of nitrogens with zero attached hydrogens (tertiary/aromatic N) is 1. The van der Waals surface area contributed by atoms with E-state index in [-0.39, 0.29) is 11.9 Å². The van der Waals surface area contributed by atoms with Gasteiger partial charge in [0.2, 0.25) is 15.9 Å². The molecule has 26 heavy (non-hydrogen) atoms. The highest BCUT2D eigenvalue weighted by molar-refractivity contribution is 7.92. The second-order valence-corrected chi connectivity index (χ2v) is 9.45. The van der Waals surface area contributed by atoms with Gasteiger partial charge in [-0.15, -0.1) is 0 Å². The van der Waals surface area contributed by atoms with Crippen LogP contribution < -0.4 is 9.62 Å². The van der Waals surface area contributed by atoms with E-state index >= 15 is 0 Å². The van der Waals surface area contributed by atoms with Gasteiger partial charge in [0.1, 0.15) is 0 Å². The molecule has 1 aliphatic carbocycles. The minimum atomic E-state index is -3.38. The lowest BCUT2D eigenvalue weighted by Gasteiger charge is -2.23. The smallest absolute Gasteiger partial charge is 0.232 e. The Morgan fingerprint density at radius 1 is 1.08 bits per heavy atom. The van der Waals surface area contributed by atoms with Gasteiger partial charge in [0, 0.05) is 19.0 Å². The van der Waals surface area contributed by atoms with Crippen LogP contribution in [-0.4, -0.2) is 33.2 Å². The van der Waals surface area contributed by atoms with E-state index in [9.17, 15) is 13.2 Å². The van der Waals surface area contributed by atoms with Crippen molar-refractivity contribution in [2.45, 2.75) is 71.3 Å². The third kappa shape index (κ3) is 6.63. The molecule has 1 N–H and O–H groups in total. The maximum atomic E-state index is 12.2. The number of anilines is 1. The van der Waals surface area contributed by atoms with Crippen molar-refractivity contribution in [1.29, 1.82) is 0 Å². The summed E-state index contributed by atoms with van der Waals surface area (Å²) in [5.74, 6) is 0.0331. The van der Waals surface area contributed by atoms with Crippen LogP contribution in [0.3, 0.4) is 0 Å². The van der Waals surface area contributed by atoms with Gasteiger partial charge in [-0.3, -0.25) is 9.10 Å². The molecule has 1 aromatic rings. The molecule has 6 heteroatoms. The number of hydrogen-bond donors (Lipinski definition) is 1. The lowest BCUT2D eigenvalue weighted by atomic mass is 10.1. The lowest BCUT2D eigenvalue weighted by Crippen LogP contribution is -2.35. The van der Waals surface area contributed by atoms with Gasteiger partial charge in [-0.25, -0.2) is 8.42 Å². The number of rotatable bonds is 7. The van der Waals surface area contributed by atoms with Crippen molar-refractivity contribution in [3.05, 3.63) is 29.3 Å². The van der Waals surface area contributed by atoms with Crippen LogP contribution in [-0.2, 0) is 14.8 Å². The molecule has 0 aromatic heterocycles. The number of carbonyl (C=O) groups excluding carboxylic acids is 1. The van der Waals surface area contributed by atoms with Crippen molar-refractivity contribution in [2.24, 2.45) is 0 Å². The molecule has 1 aliphatic rings. The summed E-state index contributed by atoms with van der Waals surface area (Å²) in [5, 5.41) is 3.12. The molecule has 0 aliphatic heterocycles. The summed E-state index contributed by atoms with van der Waals surface area (Å²) in [7, 11) is -3.38. The van der Waals surface area contributed by atoms with Crippen LogP contribution in [0.5, 0.6) is 0 Å². The van der Waals surface area contributed by atoms with Crippen molar-refractivity contribution in [3.8, 4) is 0 Å². The fourth-order valence-corrected chi connectivity index (χ4v) is 4.64. The second-order valence-electron chi connectivity index (χ2n) is 7.54. The Morgan fingerprint density at radius 3 is 2.19 bits per heavy atom. The number of sulfonamides is 1. The zero-order chi connectivity index (χ0) is 19.2. The van der Waals surface area contributed by atoms with E-state index in [1.54, 1.807) is 0 Å². The number of carbonyl (C=O) groups is 1. The minimum absolute atomic E-state index is 0.0331. The normalized spacial score (nSPS) is 16.1. The Balaban J connectivity index is 1.92. The molecule has 0 unspecified atom stereocenters. The zero-order valence-electron chi connectivity index (χ0n) is 16.3. The lowest BCUT2D eigenvalue weighted by molar-refractivity contribution is -0.121. The highest BCUT2D eigenvalue weighted by Gasteiger charge is 2.19. The molecular weight excluding hydrogens is 348 g/mol. The quantitative estimate of drug-likeness (QED) is 0.734. The number of aryl methyl sites for hydroxylation is 2. The molecule has 1 fully saturated rings. The highest BCUT2D eigenvalue weighted by atomic mass is 32.2. The molecule has 0 saturated heterocycles. The van der Waals surface area contributed by atoms with Gasteiger partial charge >= 0.3 is 0 Å². The van der Waals surface area contributed by atoms with E-state index in [1.165, 1.54) is 36.2 Å². The maximum Gasteiger partial charge on any atom is 0.232 e.